The lowest BCUT2D eigenvalue weighted by atomic mass is 10.00. The summed E-state index contributed by atoms with van der Waals surface area (Å²) in [6, 6.07) is -3.81. The van der Waals surface area contributed by atoms with Gasteiger partial charge in [0.15, 0.2) is 0 Å². The quantitative estimate of drug-likeness (QED) is 0.575. The van der Waals surface area contributed by atoms with Crippen LogP contribution in [0.5, 0.6) is 0 Å². The van der Waals surface area contributed by atoms with Crippen molar-refractivity contribution in [1.82, 2.24) is 0 Å². The molecular weight excluding hydrogens is 297 g/mol. The summed E-state index contributed by atoms with van der Waals surface area (Å²) in [6.07, 6.45) is -12.3. The van der Waals surface area contributed by atoms with E-state index in [2.05, 4.69) is 0 Å². The Hall–Kier alpha value is -1.10. The van der Waals surface area contributed by atoms with Crippen LogP contribution in [0.15, 0.2) is 0 Å². The third-order valence-electron chi connectivity index (χ3n) is 1.69. The fourth-order valence-corrected chi connectivity index (χ4v) is 0.689. The summed E-state index contributed by atoms with van der Waals surface area (Å²) in [5, 5.41) is 0. The number of alkyl halides is 10. The average Bonchev–Trinajstić information content (AvgIpc) is 2.13. The van der Waals surface area contributed by atoms with Crippen molar-refractivity contribution in [2.45, 2.75) is 30.1 Å². The molecule has 0 aromatic carbocycles. The Bertz CT molecular complexity index is 329. The van der Waals surface area contributed by atoms with Crippen molar-refractivity contribution in [2.24, 2.45) is 0 Å². The molecule has 0 aliphatic carbocycles. The van der Waals surface area contributed by atoms with Crippen molar-refractivity contribution in [2.75, 3.05) is 0 Å². The van der Waals surface area contributed by atoms with E-state index < -0.39 is 36.2 Å². The summed E-state index contributed by atoms with van der Waals surface area (Å²) in [5.41, 5.74) is 0. The Kier molecular flexibility index (Phi) is 3.97. The van der Waals surface area contributed by atoms with Gasteiger partial charge in [-0.1, -0.05) is 0 Å². The predicted octanol–water partition coefficient (Wildman–Crippen LogP) is 3.29. The molecule has 18 heavy (non-hydrogen) atoms. The summed E-state index contributed by atoms with van der Waals surface area (Å²) < 4.78 is 131. The van der Waals surface area contributed by atoms with Crippen LogP contribution in [0.25, 0.3) is 0 Å². The standard InChI is InChI=1S/C6HF11O/c7-1(2(8)18)3(9,10)4(11,12)5(13,14)6(15,16)17/h1H. The summed E-state index contributed by atoms with van der Waals surface area (Å²) in [6.45, 7) is 0. The summed E-state index contributed by atoms with van der Waals surface area (Å²) in [7, 11) is 0. The second-order valence-electron chi connectivity index (χ2n) is 2.94. The maximum Gasteiger partial charge on any atom is 0.460 e. The zero-order valence-electron chi connectivity index (χ0n) is 7.64. The molecule has 0 heterocycles. The van der Waals surface area contributed by atoms with Crippen LogP contribution in [-0.2, 0) is 4.79 Å². The van der Waals surface area contributed by atoms with Crippen LogP contribution in [0.1, 0.15) is 0 Å². The van der Waals surface area contributed by atoms with Gasteiger partial charge in [0.2, 0.25) is 0 Å². The first-order chi connectivity index (χ1) is 7.60. The first-order valence-corrected chi connectivity index (χ1v) is 3.64. The SMILES string of the molecule is O=C(F)C(F)C(F)(F)C(F)(F)C(F)(F)C(F)(F)F. The highest BCUT2D eigenvalue weighted by molar-refractivity contribution is 5.74. The molecule has 1 unspecified atom stereocenters. The summed E-state index contributed by atoms with van der Waals surface area (Å²) >= 11 is 0. The Morgan fingerprint density at radius 3 is 1.33 bits per heavy atom. The van der Waals surface area contributed by atoms with E-state index in [0.717, 1.165) is 0 Å². The summed E-state index contributed by atoms with van der Waals surface area (Å²) in [4.78, 5) is 9.43. The van der Waals surface area contributed by atoms with Gasteiger partial charge in [-0.05, 0) is 0 Å². The van der Waals surface area contributed by atoms with Gasteiger partial charge in [0, 0.05) is 0 Å². The molecule has 0 aliphatic rings. The van der Waals surface area contributed by atoms with Crippen molar-refractivity contribution in [3.8, 4) is 0 Å². The van der Waals surface area contributed by atoms with Gasteiger partial charge in [0.05, 0.1) is 0 Å². The molecule has 0 rings (SSSR count). The molecule has 0 saturated heterocycles. The number of carbonyl (C=O) groups excluding carboxylic acids is 1. The molecule has 0 N–H and O–H groups in total. The van der Waals surface area contributed by atoms with E-state index in [0.29, 0.717) is 0 Å². The molecule has 108 valence electrons. The number of hydrogen-bond donors (Lipinski definition) is 0. The molecule has 0 aliphatic heterocycles. The van der Waals surface area contributed by atoms with E-state index in [9.17, 15) is 53.1 Å². The Morgan fingerprint density at radius 2 is 1.11 bits per heavy atom. The van der Waals surface area contributed by atoms with Crippen LogP contribution in [-0.4, -0.2) is 36.2 Å². The molecule has 0 aromatic rings. The normalized spacial score (nSPS) is 16.6. The van der Waals surface area contributed by atoms with Gasteiger partial charge in [-0.15, -0.1) is 0 Å². The van der Waals surface area contributed by atoms with Gasteiger partial charge in [-0.3, -0.25) is 4.79 Å². The molecule has 0 radical (unpaired) electrons. The molecule has 0 bridgehead atoms. The lowest BCUT2D eigenvalue weighted by molar-refractivity contribution is -0.401. The fraction of sp³-hybridized carbons (Fsp3) is 0.833. The van der Waals surface area contributed by atoms with Crippen molar-refractivity contribution < 1.29 is 53.1 Å². The van der Waals surface area contributed by atoms with E-state index in [1.54, 1.807) is 0 Å². The highest BCUT2D eigenvalue weighted by Gasteiger charge is 2.84. The maximum atomic E-state index is 12.3. The number of rotatable bonds is 4. The molecule has 0 fully saturated rings. The highest BCUT2D eigenvalue weighted by atomic mass is 19.4. The Morgan fingerprint density at radius 1 is 0.778 bits per heavy atom. The molecule has 0 saturated carbocycles. The predicted molar refractivity (Wildman–Crippen MR) is 31.9 cm³/mol. The lowest BCUT2D eigenvalue weighted by Gasteiger charge is -2.33. The number of carbonyl (C=O) groups is 1. The van der Waals surface area contributed by atoms with Crippen LogP contribution in [0.2, 0.25) is 0 Å². The van der Waals surface area contributed by atoms with E-state index in [1.165, 1.54) is 0 Å². The van der Waals surface area contributed by atoms with E-state index in [1.807, 2.05) is 0 Å². The van der Waals surface area contributed by atoms with E-state index in [4.69, 9.17) is 0 Å². The van der Waals surface area contributed by atoms with Gasteiger partial charge in [0.1, 0.15) is 0 Å². The molecule has 12 heteroatoms. The van der Waals surface area contributed by atoms with Gasteiger partial charge >= 0.3 is 30.0 Å². The minimum atomic E-state index is -7.36. The van der Waals surface area contributed by atoms with Crippen LogP contribution in [0.4, 0.5) is 48.3 Å². The second kappa shape index (κ2) is 4.23. The van der Waals surface area contributed by atoms with Crippen LogP contribution in [0, 0.1) is 0 Å². The minimum absolute atomic E-state index is 3.81. The zero-order valence-corrected chi connectivity index (χ0v) is 7.64. The number of hydrogen-bond acceptors (Lipinski definition) is 1. The molecule has 1 nitrogen and oxygen atoms in total. The van der Waals surface area contributed by atoms with Crippen molar-refractivity contribution in [3.63, 3.8) is 0 Å². The first kappa shape index (κ1) is 16.9. The van der Waals surface area contributed by atoms with Gasteiger partial charge in [0.25, 0.3) is 6.17 Å². The van der Waals surface area contributed by atoms with E-state index in [-0.39, 0.29) is 0 Å². The van der Waals surface area contributed by atoms with E-state index >= 15 is 0 Å². The Balaban J connectivity index is 5.71. The zero-order chi connectivity index (χ0) is 15.2. The molecule has 1 atom stereocenters. The average molecular weight is 298 g/mol. The first-order valence-electron chi connectivity index (χ1n) is 3.64. The van der Waals surface area contributed by atoms with Crippen molar-refractivity contribution in [3.05, 3.63) is 0 Å². The smallest absolute Gasteiger partial charge is 0.257 e. The monoisotopic (exact) mass is 298 g/mol. The second-order valence-corrected chi connectivity index (χ2v) is 2.94. The number of halogens is 11. The van der Waals surface area contributed by atoms with Crippen LogP contribution in [0.3, 0.4) is 0 Å². The van der Waals surface area contributed by atoms with Crippen molar-refractivity contribution in [1.29, 1.82) is 0 Å². The highest BCUT2D eigenvalue weighted by Crippen LogP contribution is 2.54. The third kappa shape index (κ3) is 2.23. The van der Waals surface area contributed by atoms with Gasteiger partial charge in [-0.25, -0.2) is 4.39 Å². The van der Waals surface area contributed by atoms with Crippen molar-refractivity contribution >= 4 is 6.04 Å². The third-order valence-corrected chi connectivity index (χ3v) is 1.69. The van der Waals surface area contributed by atoms with Crippen LogP contribution < -0.4 is 0 Å². The lowest BCUT2D eigenvalue weighted by Crippen LogP contribution is -2.64. The molecule has 0 amide bonds. The fourth-order valence-electron chi connectivity index (χ4n) is 0.689. The minimum Gasteiger partial charge on any atom is -0.257 e. The molecule has 0 spiro atoms. The van der Waals surface area contributed by atoms with Gasteiger partial charge in [-0.2, -0.15) is 43.9 Å². The molecular formula is C6HF11O. The maximum absolute atomic E-state index is 12.3. The summed E-state index contributed by atoms with van der Waals surface area (Å²) in [5.74, 6) is -21.6. The Labute approximate surface area is 90.5 Å². The largest absolute Gasteiger partial charge is 0.460 e. The van der Waals surface area contributed by atoms with Crippen LogP contribution >= 0.6 is 0 Å². The van der Waals surface area contributed by atoms with Gasteiger partial charge < -0.3 is 0 Å². The molecule has 0 aromatic heterocycles. The topological polar surface area (TPSA) is 17.1 Å².